The molecule has 2 rings (SSSR count). The van der Waals surface area contributed by atoms with E-state index in [4.69, 9.17) is 0 Å². The lowest BCUT2D eigenvalue weighted by Crippen LogP contribution is -2.33. The summed E-state index contributed by atoms with van der Waals surface area (Å²) in [7, 11) is 0. The topological polar surface area (TPSA) is 58.2 Å². The summed E-state index contributed by atoms with van der Waals surface area (Å²) in [5, 5.41) is 5.97. The Morgan fingerprint density at radius 3 is 2.88 bits per heavy atom. The van der Waals surface area contributed by atoms with E-state index in [0.717, 1.165) is 32.1 Å². The Morgan fingerprint density at radius 1 is 1.29 bits per heavy atom. The molecule has 2 aliphatic rings. The molecule has 0 aromatic carbocycles. The van der Waals surface area contributed by atoms with Crippen molar-refractivity contribution in [3.63, 3.8) is 0 Å². The van der Waals surface area contributed by atoms with E-state index in [0.29, 0.717) is 30.2 Å². The lowest BCUT2D eigenvalue weighted by Gasteiger charge is -2.17. The van der Waals surface area contributed by atoms with Crippen LogP contribution in [-0.4, -0.2) is 23.9 Å². The van der Waals surface area contributed by atoms with Crippen molar-refractivity contribution >= 4 is 11.8 Å². The van der Waals surface area contributed by atoms with E-state index in [1.807, 2.05) is 6.92 Å². The van der Waals surface area contributed by atoms with Crippen LogP contribution in [-0.2, 0) is 4.79 Å². The molecule has 1 saturated heterocycles. The van der Waals surface area contributed by atoms with Crippen LogP contribution < -0.4 is 10.6 Å². The van der Waals surface area contributed by atoms with Gasteiger partial charge in [-0.05, 0) is 31.6 Å². The molecule has 2 N–H and O–H groups in total. The molecule has 0 aromatic rings. The number of carbonyl (C=O) groups is 2. The van der Waals surface area contributed by atoms with Crippen molar-refractivity contribution in [1.29, 1.82) is 0 Å². The fourth-order valence-corrected chi connectivity index (χ4v) is 3.05. The highest BCUT2D eigenvalue weighted by atomic mass is 16.2. The minimum Gasteiger partial charge on any atom is -0.333 e. The standard InChI is InChI=1S/C13H22N2O2/c1-2-10(16)6-4-3-5-9-7-8-11-12(9)15-13(17)14-11/h9,11-12H,2-8H2,1H3,(H2,14,15,17)/t9-,11?,12?/m1/s1. The maximum atomic E-state index is 11.2. The Morgan fingerprint density at radius 2 is 2.12 bits per heavy atom. The van der Waals surface area contributed by atoms with E-state index in [-0.39, 0.29) is 6.03 Å². The van der Waals surface area contributed by atoms with Gasteiger partial charge in [0.15, 0.2) is 0 Å². The average Bonchev–Trinajstić information content (AvgIpc) is 2.84. The van der Waals surface area contributed by atoms with Crippen molar-refractivity contribution in [1.82, 2.24) is 10.6 Å². The van der Waals surface area contributed by atoms with Crippen LogP contribution in [0.4, 0.5) is 4.79 Å². The summed E-state index contributed by atoms with van der Waals surface area (Å²) in [6.07, 6.45) is 6.93. The maximum absolute atomic E-state index is 11.2. The van der Waals surface area contributed by atoms with Crippen LogP contribution in [0.15, 0.2) is 0 Å². The van der Waals surface area contributed by atoms with E-state index < -0.39 is 0 Å². The first kappa shape index (κ1) is 12.4. The molecule has 4 heteroatoms. The second kappa shape index (κ2) is 5.52. The van der Waals surface area contributed by atoms with Gasteiger partial charge in [0.25, 0.3) is 0 Å². The van der Waals surface area contributed by atoms with Gasteiger partial charge in [0, 0.05) is 12.8 Å². The summed E-state index contributed by atoms with van der Waals surface area (Å²) >= 11 is 0. The number of hydrogen-bond donors (Lipinski definition) is 2. The van der Waals surface area contributed by atoms with Gasteiger partial charge < -0.3 is 10.6 Å². The summed E-state index contributed by atoms with van der Waals surface area (Å²) in [6.45, 7) is 1.92. The predicted octanol–water partition coefficient (Wildman–Crippen LogP) is 1.99. The molecule has 1 aliphatic carbocycles. The highest BCUT2D eigenvalue weighted by Crippen LogP contribution is 2.32. The molecular formula is C13H22N2O2. The molecular weight excluding hydrogens is 216 g/mol. The SMILES string of the molecule is CCC(=O)CCCC[C@@H]1CCC2NC(=O)NC21. The van der Waals surface area contributed by atoms with E-state index in [1.165, 1.54) is 6.42 Å². The molecule has 1 saturated carbocycles. The molecule has 96 valence electrons. The van der Waals surface area contributed by atoms with Crippen LogP contribution >= 0.6 is 0 Å². The first-order chi connectivity index (χ1) is 8.20. The van der Waals surface area contributed by atoms with Crippen molar-refractivity contribution in [2.24, 2.45) is 5.92 Å². The van der Waals surface area contributed by atoms with E-state index in [9.17, 15) is 9.59 Å². The van der Waals surface area contributed by atoms with Gasteiger partial charge >= 0.3 is 6.03 Å². The van der Waals surface area contributed by atoms with Gasteiger partial charge in [-0.3, -0.25) is 4.79 Å². The number of nitrogens with one attached hydrogen (secondary N) is 2. The lowest BCUT2D eigenvalue weighted by atomic mass is 9.95. The van der Waals surface area contributed by atoms with Crippen molar-refractivity contribution in [3.8, 4) is 0 Å². The highest BCUT2D eigenvalue weighted by Gasteiger charge is 2.41. The van der Waals surface area contributed by atoms with Gasteiger partial charge in [-0.25, -0.2) is 4.79 Å². The van der Waals surface area contributed by atoms with Crippen LogP contribution in [0.3, 0.4) is 0 Å². The van der Waals surface area contributed by atoms with Crippen LogP contribution in [0.2, 0.25) is 0 Å². The van der Waals surface area contributed by atoms with E-state index >= 15 is 0 Å². The number of carbonyl (C=O) groups excluding carboxylic acids is 2. The third-order valence-corrected chi connectivity index (χ3v) is 4.08. The maximum Gasteiger partial charge on any atom is 0.315 e. The molecule has 0 aromatic heterocycles. The Bertz CT molecular complexity index is 304. The molecule has 0 radical (unpaired) electrons. The van der Waals surface area contributed by atoms with Crippen LogP contribution in [0.5, 0.6) is 0 Å². The zero-order chi connectivity index (χ0) is 12.3. The molecule has 2 unspecified atom stereocenters. The van der Waals surface area contributed by atoms with Gasteiger partial charge in [0.05, 0.1) is 12.1 Å². The Balaban J connectivity index is 1.66. The predicted molar refractivity (Wildman–Crippen MR) is 65.7 cm³/mol. The van der Waals surface area contributed by atoms with Crippen molar-refractivity contribution in [3.05, 3.63) is 0 Å². The molecule has 0 spiro atoms. The van der Waals surface area contributed by atoms with E-state index in [2.05, 4.69) is 10.6 Å². The number of ketones is 1. The van der Waals surface area contributed by atoms with Gasteiger partial charge in [0.1, 0.15) is 5.78 Å². The normalized spacial score (nSPS) is 30.9. The fourth-order valence-electron chi connectivity index (χ4n) is 3.05. The Kier molecular flexibility index (Phi) is 4.02. The molecule has 4 nitrogen and oxygen atoms in total. The van der Waals surface area contributed by atoms with Gasteiger partial charge in [-0.15, -0.1) is 0 Å². The number of rotatable bonds is 6. The molecule has 2 amide bonds. The first-order valence-electron chi connectivity index (χ1n) is 6.79. The minimum absolute atomic E-state index is 0.00846. The third-order valence-electron chi connectivity index (χ3n) is 4.08. The van der Waals surface area contributed by atoms with Gasteiger partial charge in [-0.2, -0.15) is 0 Å². The van der Waals surface area contributed by atoms with Crippen molar-refractivity contribution in [2.75, 3.05) is 0 Å². The molecule has 1 aliphatic heterocycles. The van der Waals surface area contributed by atoms with Crippen LogP contribution in [0.1, 0.15) is 51.9 Å². The van der Waals surface area contributed by atoms with Crippen LogP contribution in [0.25, 0.3) is 0 Å². The summed E-state index contributed by atoms with van der Waals surface area (Å²) in [5.74, 6) is 0.973. The number of urea groups is 1. The lowest BCUT2D eigenvalue weighted by molar-refractivity contribution is -0.118. The molecule has 3 atom stereocenters. The number of amides is 2. The second-order valence-corrected chi connectivity index (χ2v) is 5.23. The Labute approximate surface area is 103 Å². The van der Waals surface area contributed by atoms with E-state index in [1.54, 1.807) is 0 Å². The minimum atomic E-state index is -0.00846. The fraction of sp³-hybridized carbons (Fsp3) is 0.846. The molecule has 2 fully saturated rings. The van der Waals surface area contributed by atoms with Crippen molar-refractivity contribution < 1.29 is 9.59 Å². The molecule has 17 heavy (non-hydrogen) atoms. The average molecular weight is 238 g/mol. The number of Topliss-reactive ketones (excluding diaryl/α,β-unsaturated/α-hetero) is 1. The zero-order valence-corrected chi connectivity index (χ0v) is 10.5. The monoisotopic (exact) mass is 238 g/mol. The number of unbranched alkanes of at least 4 members (excludes halogenated alkanes) is 1. The molecule has 1 heterocycles. The Hall–Kier alpha value is -1.06. The summed E-state index contributed by atoms with van der Waals surface area (Å²) in [6, 6.07) is 0.681. The largest absolute Gasteiger partial charge is 0.333 e. The summed E-state index contributed by atoms with van der Waals surface area (Å²) < 4.78 is 0. The summed E-state index contributed by atoms with van der Waals surface area (Å²) in [5.41, 5.74) is 0. The third kappa shape index (κ3) is 2.99. The summed E-state index contributed by atoms with van der Waals surface area (Å²) in [4.78, 5) is 22.4. The second-order valence-electron chi connectivity index (χ2n) is 5.23. The van der Waals surface area contributed by atoms with Gasteiger partial charge in [0.2, 0.25) is 0 Å². The highest BCUT2D eigenvalue weighted by molar-refractivity contribution is 5.78. The smallest absolute Gasteiger partial charge is 0.315 e. The molecule has 0 bridgehead atoms. The first-order valence-corrected chi connectivity index (χ1v) is 6.79. The van der Waals surface area contributed by atoms with Crippen molar-refractivity contribution in [2.45, 2.75) is 64.0 Å². The number of hydrogen-bond acceptors (Lipinski definition) is 2. The quantitative estimate of drug-likeness (QED) is 0.695. The zero-order valence-electron chi connectivity index (χ0n) is 10.5. The van der Waals surface area contributed by atoms with Gasteiger partial charge in [-0.1, -0.05) is 13.3 Å². The van der Waals surface area contributed by atoms with Crippen LogP contribution in [0, 0.1) is 5.92 Å². The number of fused-ring (bicyclic) bond motifs is 1.